The van der Waals surface area contributed by atoms with E-state index in [9.17, 15) is 4.79 Å². The highest BCUT2D eigenvalue weighted by molar-refractivity contribution is 7.10. The molecule has 0 atom stereocenters. The fraction of sp³-hybridized carbons (Fsp3) is 0.385. The van der Waals surface area contributed by atoms with Crippen molar-refractivity contribution in [3.63, 3.8) is 0 Å². The van der Waals surface area contributed by atoms with Crippen molar-refractivity contribution in [2.75, 3.05) is 13.6 Å². The number of aryl methyl sites for hydroxylation is 1. The van der Waals surface area contributed by atoms with Crippen molar-refractivity contribution in [2.45, 2.75) is 19.9 Å². The summed E-state index contributed by atoms with van der Waals surface area (Å²) in [5.41, 5.74) is 7.23. The molecule has 0 radical (unpaired) electrons. The normalized spacial score (nSPS) is 10.2. The Hall–Kier alpha value is -0.950. The molecule has 2 N–H and O–H groups in total. The molecule has 20 heavy (non-hydrogen) atoms. The highest BCUT2D eigenvalue weighted by Gasteiger charge is 2.16. The number of nitrogens with zero attached hydrogens (tertiary/aromatic N) is 2. The van der Waals surface area contributed by atoms with Crippen molar-refractivity contribution in [3.05, 3.63) is 38.0 Å². The van der Waals surface area contributed by atoms with Crippen LogP contribution in [0.25, 0.3) is 0 Å². The molecular formula is C13H18ClN3OS2. The largest absolute Gasteiger partial charge is 0.335 e. The molecule has 0 saturated heterocycles. The number of rotatable bonds is 5. The van der Waals surface area contributed by atoms with Crippen molar-refractivity contribution in [1.29, 1.82) is 0 Å². The molecule has 0 bridgehead atoms. The molecule has 2 aromatic rings. The van der Waals surface area contributed by atoms with Crippen LogP contribution in [0.4, 0.5) is 0 Å². The lowest BCUT2D eigenvalue weighted by Crippen LogP contribution is -2.26. The molecule has 0 fully saturated rings. The third kappa shape index (κ3) is 4.02. The molecule has 0 aliphatic heterocycles. The summed E-state index contributed by atoms with van der Waals surface area (Å²) in [6.45, 7) is 3.25. The van der Waals surface area contributed by atoms with Gasteiger partial charge in [0.25, 0.3) is 5.91 Å². The smallest absolute Gasteiger partial charge is 0.273 e. The van der Waals surface area contributed by atoms with Gasteiger partial charge in [-0.1, -0.05) is 0 Å². The number of carbonyl (C=O) groups excluding carboxylic acids is 1. The highest BCUT2D eigenvalue weighted by atomic mass is 35.5. The number of hydrogen-bond donors (Lipinski definition) is 1. The molecule has 2 heterocycles. The van der Waals surface area contributed by atoms with Gasteiger partial charge in [-0.15, -0.1) is 35.1 Å². The average Bonchev–Trinajstić information content (AvgIpc) is 2.99. The molecule has 1 amide bonds. The van der Waals surface area contributed by atoms with E-state index < -0.39 is 0 Å². The average molecular weight is 332 g/mol. The molecule has 0 aliphatic carbocycles. The molecule has 0 spiro atoms. The zero-order valence-corrected chi connectivity index (χ0v) is 13.9. The van der Waals surface area contributed by atoms with Crippen LogP contribution in [-0.2, 0) is 13.0 Å². The maximum atomic E-state index is 12.2. The van der Waals surface area contributed by atoms with Crippen LogP contribution in [0.3, 0.4) is 0 Å². The first-order chi connectivity index (χ1) is 9.11. The molecule has 0 aromatic carbocycles. The third-order valence-electron chi connectivity index (χ3n) is 2.82. The molecule has 110 valence electrons. The minimum atomic E-state index is -0.0349. The third-order valence-corrected chi connectivity index (χ3v) is 4.74. The van der Waals surface area contributed by atoms with Crippen LogP contribution in [0.5, 0.6) is 0 Å². The Morgan fingerprint density at radius 3 is 2.80 bits per heavy atom. The molecule has 0 aliphatic rings. The van der Waals surface area contributed by atoms with Crippen molar-refractivity contribution < 1.29 is 4.79 Å². The van der Waals surface area contributed by atoms with E-state index in [1.165, 1.54) is 21.8 Å². The van der Waals surface area contributed by atoms with E-state index in [4.69, 9.17) is 5.73 Å². The molecule has 2 aromatic heterocycles. The summed E-state index contributed by atoms with van der Waals surface area (Å²) in [4.78, 5) is 19.5. The number of thiophene rings is 1. The van der Waals surface area contributed by atoms with Crippen LogP contribution >= 0.6 is 35.1 Å². The van der Waals surface area contributed by atoms with Crippen molar-refractivity contribution in [3.8, 4) is 0 Å². The van der Waals surface area contributed by atoms with Crippen LogP contribution in [0, 0.1) is 6.92 Å². The number of hydrogen-bond acceptors (Lipinski definition) is 5. The van der Waals surface area contributed by atoms with Crippen molar-refractivity contribution >= 4 is 41.0 Å². The van der Waals surface area contributed by atoms with Gasteiger partial charge in [0.15, 0.2) is 0 Å². The maximum Gasteiger partial charge on any atom is 0.273 e. The summed E-state index contributed by atoms with van der Waals surface area (Å²) >= 11 is 3.17. The number of thiazole rings is 1. The second-order valence-corrected chi connectivity index (χ2v) is 6.30. The van der Waals surface area contributed by atoms with Crippen LogP contribution < -0.4 is 5.73 Å². The first-order valence-electron chi connectivity index (χ1n) is 6.04. The quantitative estimate of drug-likeness (QED) is 0.916. The zero-order valence-electron chi connectivity index (χ0n) is 11.5. The summed E-state index contributed by atoms with van der Waals surface area (Å²) < 4.78 is 0. The molecule has 7 heteroatoms. The van der Waals surface area contributed by atoms with Crippen molar-refractivity contribution in [1.82, 2.24) is 9.88 Å². The first-order valence-corrected chi connectivity index (χ1v) is 7.80. The van der Waals surface area contributed by atoms with E-state index in [1.54, 1.807) is 16.2 Å². The van der Waals surface area contributed by atoms with E-state index in [1.807, 2.05) is 17.8 Å². The van der Waals surface area contributed by atoms with Gasteiger partial charge in [-0.25, -0.2) is 4.98 Å². The van der Waals surface area contributed by atoms with E-state index >= 15 is 0 Å². The molecule has 4 nitrogen and oxygen atoms in total. The van der Waals surface area contributed by atoms with E-state index in [-0.39, 0.29) is 18.3 Å². The van der Waals surface area contributed by atoms with Gasteiger partial charge >= 0.3 is 0 Å². The Balaban J connectivity index is 0.00000200. The van der Waals surface area contributed by atoms with Gasteiger partial charge < -0.3 is 10.6 Å². The Labute approximate surface area is 133 Å². The van der Waals surface area contributed by atoms with Gasteiger partial charge in [0.1, 0.15) is 5.69 Å². The Bertz CT molecular complexity index is 567. The Morgan fingerprint density at radius 2 is 2.20 bits per heavy atom. The SMILES string of the molecule is Cc1ccsc1CN(C)C(=O)c1csc(CCN)n1.Cl. The standard InChI is InChI=1S/C13H17N3OS2.ClH/c1-9-4-6-18-11(9)7-16(2)13(17)10-8-19-12(15-10)3-5-14;/h4,6,8H,3,5,7,14H2,1-2H3;1H. The van der Waals surface area contributed by atoms with Crippen LogP contribution in [0.15, 0.2) is 16.8 Å². The number of halogens is 1. The highest BCUT2D eigenvalue weighted by Crippen LogP contribution is 2.19. The summed E-state index contributed by atoms with van der Waals surface area (Å²) in [5.74, 6) is -0.0349. The lowest BCUT2D eigenvalue weighted by molar-refractivity contribution is 0.0781. The monoisotopic (exact) mass is 331 g/mol. The minimum Gasteiger partial charge on any atom is -0.335 e. The van der Waals surface area contributed by atoms with Crippen molar-refractivity contribution in [2.24, 2.45) is 5.73 Å². The van der Waals surface area contributed by atoms with E-state index in [2.05, 4.69) is 18.0 Å². The lowest BCUT2D eigenvalue weighted by Gasteiger charge is -2.15. The topological polar surface area (TPSA) is 59.2 Å². The summed E-state index contributed by atoms with van der Waals surface area (Å²) in [6.07, 6.45) is 0.728. The predicted octanol–water partition coefficient (Wildman–Crippen LogP) is 2.71. The molecule has 0 saturated carbocycles. The van der Waals surface area contributed by atoms with Gasteiger partial charge in [-0.2, -0.15) is 0 Å². The Kier molecular flexibility index (Phi) is 6.61. The van der Waals surface area contributed by atoms with E-state index in [0.29, 0.717) is 18.8 Å². The zero-order chi connectivity index (χ0) is 13.8. The number of aromatic nitrogens is 1. The predicted molar refractivity (Wildman–Crippen MR) is 87.0 cm³/mol. The van der Waals surface area contributed by atoms with Crippen LogP contribution in [0.2, 0.25) is 0 Å². The van der Waals surface area contributed by atoms with Gasteiger partial charge in [-0.3, -0.25) is 4.79 Å². The van der Waals surface area contributed by atoms with Crippen LogP contribution in [0.1, 0.15) is 25.9 Å². The summed E-state index contributed by atoms with van der Waals surface area (Å²) in [7, 11) is 1.81. The molecule has 0 unspecified atom stereocenters. The van der Waals surface area contributed by atoms with Gasteiger partial charge in [0.2, 0.25) is 0 Å². The molecular weight excluding hydrogens is 314 g/mol. The van der Waals surface area contributed by atoms with E-state index in [0.717, 1.165) is 11.4 Å². The first kappa shape index (κ1) is 17.1. The second-order valence-electron chi connectivity index (χ2n) is 4.35. The number of carbonyl (C=O) groups is 1. The minimum absolute atomic E-state index is 0. The number of amides is 1. The van der Waals surface area contributed by atoms with Gasteiger partial charge in [-0.05, 0) is 30.5 Å². The fourth-order valence-corrected chi connectivity index (χ4v) is 3.44. The Morgan fingerprint density at radius 1 is 1.45 bits per heavy atom. The second kappa shape index (κ2) is 7.73. The molecule has 2 rings (SSSR count). The number of nitrogens with two attached hydrogens (primary N) is 1. The summed E-state index contributed by atoms with van der Waals surface area (Å²) in [6, 6.07) is 2.07. The van der Waals surface area contributed by atoms with Gasteiger partial charge in [0.05, 0.1) is 11.6 Å². The lowest BCUT2D eigenvalue weighted by atomic mass is 10.3. The van der Waals surface area contributed by atoms with Crippen LogP contribution in [-0.4, -0.2) is 29.4 Å². The fourth-order valence-electron chi connectivity index (χ4n) is 1.70. The summed E-state index contributed by atoms with van der Waals surface area (Å²) in [5, 5.41) is 4.78. The van der Waals surface area contributed by atoms with Gasteiger partial charge in [0, 0.05) is 23.7 Å². The maximum absolute atomic E-state index is 12.2.